The number of likely N-dealkylation sites (tertiary alicyclic amines) is 1. The topological polar surface area (TPSA) is 215 Å². The zero-order valence-corrected chi connectivity index (χ0v) is 41.2. The summed E-state index contributed by atoms with van der Waals surface area (Å²) in [5.74, 6) is -0.950. The molecule has 374 valence electrons. The number of aromatic nitrogens is 4. The van der Waals surface area contributed by atoms with Crippen LogP contribution in [0.15, 0.2) is 72.0 Å². The van der Waals surface area contributed by atoms with Crippen molar-refractivity contribution >= 4 is 66.4 Å². The molecule has 3 aromatic heterocycles. The minimum Gasteiger partial charge on any atom is -0.474 e. The monoisotopic (exact) mass is 988 g/mol. The zero-order valence-electron chi connectivity index (χ0n) is 40.3. The van der Waals surface area contributed by atoms with E-state index in [9.17, 15) is 28.4 Å². The number of aliphatic hydroxyl groups is 1. The molecule has 19 heteroatoms. The minimum atomic E-state index is -4.88. The van der Waals surface area contributed by atoms with Crippen LogP contribution in [0.1, 0.15) is 118 Å². The molecule has 4 fully saturated rings. The number of piperidine rings is 1. The van der Waals surface area contributed by atoms with Crippen LogP contribution in [0, 0.1) is 27.3 Å². The first kappa shape index (κ1) is 47.0. The van der Waals surface area contributed by atoms with Crippen LogP contribution >= 0.6 is 0 Å². The fourth-order valence-electron chi connectivity index (χ4n) is 12.3. The van der Waals surface area contributed by atoms with Gasteiger partial charge in [0.1, 0.15) is 39.9 Å². The van der Waals surface area contributed by atoms with Crippen molar-refractivity contribution in [3.63, 3.8) is 0 Å². The number of pyridine rings is 1. The highest BCUT2D eigenvalue weighted by Gasteiger charge is 2.50. The standard InChI is InChI=1S/C52H61FN10O7S/c1-31(2)35-7-4-5-8-36(35)39-9-6-18-61(39)34-27-52(28-34)15-19-60(20-16-52)41-25-40(62-21-22-70-50-43(62)23-33-12-17-54-48(33)58-50)37(24-38(41)53)49(64)59-71(68,69)44-26-42(63(66)67)45(47-46(44)56-30-57-47)55-29-32-10-13-51(3,65)14-11-32/h4-5,7-8,12,17,23-26,30-32,34,39,55,65H,6,9-11,13-16,18-22,27-29H2,1-3H3,(H,54,58)(H,56,57)(H,59,64)/t32?,39-,51?/m0/s1. The number of nitro benzene ring substituents is 1. The average molecular weight is 989 g/mol. The maximum atomic E-state index is 16.9. The van der Waals surface area contributed by atoms with E-state index in [-0.39, 0.29) is 52.5 Å². The van der Waals surface area contributed by atoms with Crippen molar-refractivity contribution < 1.29 is 32.4 Å². The molecule has 5 N–H and O–H groups in total. The number of anilines is 4. The van der Waals surface area contributed by atoms with Crippen molar-refractivity contribution in [1.29, 1.82) is 0 Å². The molecule has 5 aliphatic rings. The van der Waals surface area contributed by atoms with E-state index in [1.54, 1.807) is 24.1 Å². The third-order valence-electron chi connectivity index (χ3n) is 16.3. The van der Waals surface area contributed by atoms with Gasteiger partial charge in [0.25, 0.3) is 21.6 Å². The third kappa shape index (κ3) is 8.72. The van der Waals surface area contributed by atoms with Gasteiger partial charge in [0, 0.05) is 49.4 Å². The number of benzene rings is 3. The van der Waals surface area contributed by atoms with E-state index in [1.807, 2.05) is 17.0 Å². The average Bonchev–Trinajstić information content (AvgIpc) is 4.14. The summed E-state index contributed by atoms with van der Waals surface area (Å²) in [7, 11) is -4.88. The number of carbonyl (C=O) groups excluding carboxylic acids is 1. The summed E-state index contributed by atoms with van der Waals surface area (Å²) in [6, 6.07) is 17.1. The number of ether oxygens (including phenoxy) is 1. The lowest BCUT2D eigenvalue weighted by molar-refractivity contribution is -0.384. The fraction of sp³-hybridized carbons (Fsp3) is 0.481. The number of nitrogens with one attached hydrogen (secondary N) is 4. The first-order chi connectivity index (χ1) is 34.1. The Morgan fingerprint density at radius 2 is 1.77 bits per heavy atom. The maximum Gasteiger partial charge on any atom is 0.296 e. The van der Waals surface area contributed by atoms with Crippen LogP contribution < -0.4 is 24.6 Å². The second-order valence-electron chi connectivity index (χ2n) is 21.2. The van der Waals surface area contributed by atoms with Gasteiger partial charge in [-0.2, -0.15) is 4.98 Å². The molecule has 11 rings (SSSR count). The molecule has 17 nitrogen and oxygen atoms in total. The molecule has 0 radical (unpaired) electrons. The molecule has 1 atom stereocenters. The van der Waals surface area contributed by atoms with Gasteiger partial charge in [0.2, 0.25) is 5.88 Å². The summed E-state index contributed by atoms with van der Waals surface area (Å²) in [6.45, 7) is 9.41. The number of amides is 1. The largest absolute Gasteiger partial charge is 0.474 e. The lowest BCUT2D eigenvalue weighted by Crippen LogP contribution is -2.55. The molecule has 71 heavy (non-hydrogen) atoms. The summed E-state index contributed by atoms with van der Waals surface area (Å²) >= 11 is 0. The lowest BCUT2D eigenvalue weighted by atomic mass is 9.59. The van der Waals surface area contributed by atoms with E-state index in [4.69, 9.17) is 4.74 Å². The summed E-state index contributed by atoms with van der Waals surface area (Å²) in [5.41, 5.74) is 3.18. The summed E-state index contributed by atoms with van der Waals surface area (Å²) < 4.78 is 53.8. The number of nitro groups is 1. The Labute approximate surface area is 411 Å². The molecule has 6 aromatic rings. The number of halogens is 1. The molecule has 2 saturated carbocycles. The first-order valence-electron chi connectivity index (χ1n) is 25.1. The van der Waals surface area contributed by atoms with Gasteiger partial charge >= 0.3 is 0 Å². The number of hydrogen-bond acceptors (Lipinski definition) is 13. The minimum absolute atomic E-state index is 0.0606. The Balaban J connectivity index is 0.870. The van der Waals surface area contributed by atoms with Gasteiger partial charge in [-0.3, -0.25) is 19.8 Å². The van der Waals surface area contributed by atoms with Crippen LogP contribution in [0.2, 0.25) is 0 Å². The van der Waals surface area contributed by atoms with Crippen molar-refractivity contribution in [3.8, 4) is 5.88 Å². The Morgan fingerprint density at radius 3 is 2.54 bits per heavy atom. The van der Waals surface area contributed by atoms with Gasteiger partial charge in [-0.25, -0.2) is 22.5 Å². The molecule has 0 bridgehead atoms. The molecule has 2 saturated heterocycles. The van der Waals surface area contributed by atoms with E-state index in [0.717, 1.165) is 56.2 Å². The molecular formula is C52H61FN10O7S. The number of carbonyl (C=O) groups is 1. The molecular weight excluding hydrogens is 928 g/mol. The van der Waals surface area contributed by atoms with Crippen molar-refractivity contribution in [2.24, 2.45) is 11.3 Å². The second kappa shape index (κ2) is 18.1. The third-order valence-corrected chi connectivity index (χ3v) is 17.6. The maximum absolute atomic E-state index is 16.9. The number of nitrogens with zero attached hydrogens (tertiary/aromatic N) is 6. The van der Waals surface area contributed by atoms with Crippen LogP contribution in [0.3, 0.4) is 0 Å². The van der Waals surface area contributed by atoms with E-state index in [2.05, 4.69) is 73.0 Å². The van der Waals surface area contributed by atoms with Crippen molar-refractivity contribution in [2.45, 2.75) is 113 Å². The van der Waals surface area contributed by atoms with Crippen molar-refractivity contribution in [1.82, 2.24) is 29.6 Å². The quantitative estimate of drug-likeness (QED) is 0.0572. The number of rotatable bonds is 12. The molecule has 6 heterocycles. The van der Waals surface area contributed by atoms with Crippen molar-refractivity contribution in [2.75, 3.05) is 54.4 Å². The number of aromatic amines is 2. The van der Waals surface area contributed by atoms with Crippen LogP contribution in [0.5, 0.6) is 5.88 Å². The fourth-order valence-corrected chi connectivity index (χ4v) is 13.5. The van der Waals surface area contributed by atoms with Crippen molar-refractivity contribution in [3.05, 3.63) is 99.7 Å². The lowest BCUT2D eigenvalue weighted by Gasteiger charge is -2.56. The molecule has 3 aromatic carbocycles. The number of hydrogen-bond donors (Lipinski definition) is 5. The van der Waals surface area contributed by atoms with E-state index in [1.165, 1.54) is 23.9 Å². The van der Waals surface area contributed by atoms with Gasteiger partial charge in [-0.1, -0.05) is 38.1 Å². The number of fused-ring (bicyclic) bond motifs is 3. The summed E-state index contributed by atoms with van der Waals surface area (Å²) in [4.78, 5) is 47.3. The molecule has 2 aliphatic carbocycles. The van der Waals surface area contributed by atoms with E-state index >= 15 is 4.39 Å². The Bertz CT molecular complexity index is 3150. The van der Waals surface area contributed by atoms with Gasteiger partial charge in [-0.15, -0.1) is 0 Å². The smallest absolute Gasteiger partial charge is 0.296 e. The van der Waals surface area contributed by atoms with Crippen LogP contribution in [-0.4, -0.2) is 100 Å². The Morgan fingerprint density at radius 1 is 1.00 bits per heavy atom. The first-order valence-corrected chi connectivity index (χ1v) is 26.5. The van der Waals surface area contributed by atoms with Gasteiger partial charge in [0.05, 0.1) is 45.9 Å². The van der Waals surface area contributed by atoms with Gasteiger partial charge in [-0.05, 0) is 130 Å². The van der Waals surface area contributed by atoms with Gasteiger partial charge in [0.15, 0.2) is 0 Å². The van der Waals surface area contributed by atoms with Crippen LogP contribution in [0.4, 0.5) is 32.8 Å². The summed E-state index contributed by atoms with van der Waals surface area (Å²) in [5, 5.41) is 27.0. The van der Waals surface area contributed by atoms with E-state index < -0.39 is 42.9 Å². The predicted molar refractivity (Wildman–Crippen MR) is 270 cm³/mol. The van der Waals surface area contributed by atoms with Gasteiger partial charge < -0.3 is 34.9 Å². The molecule has 3 aliphatic heterocycles. The highest BCUT2D eigenvalue weighted by molar-refractivity contribution is 7.90. The highest BCUT2D eigenvalue weighted by atomic mass is 32.2. The highest BCUT2D eigenvalue weighted by Crippen LogP contribution is 2.55. The normalized spacial score (nSPS) is 22.7. The number of H-pyrrole nitrogens is 2. The molecule has 1 amide bonds. The molecule has 1 spiro atoms. The Hall–Kier alpha value is -6.31. The Kier molecular flexibility index (Phi) is 12.0. The summed E-state index contributed by atoms with van der Waals surface area (Å²) in [6.07, 6.45) is 11.9. The van der Waals surface area contributed by atoms with E-state index in [0.29, 0.717) is 86.2 Å². The zero-order chi connectivity index (χ0) is 49.4. The number of sulfonamides is 1. The second-order valence-corrected chi connectivity index (χ2v) is 22.8. The SMILES string of the molecule is CC(C)c1ccccc1[C@@H]1CCCN1C1CC2(CCN(c3cc(N4CCOc5nc6[nH]ccc6cc54)c(C(=O)NS(=O)(=O)c4cc([N+](=O)[O-])c(NCC5CCC(C)(O)CC5)c5[nH]cnc45)cc3F)CC2)C1. The molecule has 0 unspecified atom stereocenters. The number of imidazole rings is 1. The predicted octanol–water partition coefficient (Wildman–Crippen LogP) is 9.20. The van der Waals surface area contributed by atoms with Crippen LogP contribution in [-0.2, 0) is 10.0 Å². The van der Waals surface area contributed by atoms with Crippen LogP contribution in [0.25, 0.3) is 22.1 Å².